The van der Waals surface area contributed by atoms with Gasteiger partial charge in [-0.2, -0.15) is 0 Å². The smallest absolute Gasteiger partial charge is 0.231 e. The lowest BCUT2D eigenvalue weighted by atomic mass is 9.78. The molecule has 0 spiro atoms. The van der Waals surface area contributed by atoms with Gasteiger partial charge in [-0.3, -0.25) is 4.98 Å². The number of fused-ring (bicyclic) bond motifs is 3. The van der Waals surface area contributed by atoms with Crippen molar-refractivity contribution in [2.45, 2.75) is 25.0 Å². The van der Waals surface area contributed by atoms with Gasteiger partial charge in [-0.1, -0.05) is 12.1 Å². The van der Waals surface area contributed by atoms with Gasteiger partial charge in [0.2, 0.25) is 6.79 Å². The third-order valence-corrected chi connectivity index (χ3v) is 6.48. The van der Waals surface area contributed by atoms with Crippen molar-refractivity contribution in [2.24, 2.45) is 11.8 Å². The van der Waals surface area contributed by atoms with E-state index < -0.39 is 6.10 Å². The number of nitrogens with zero attached hydrogens (tertiary/aromatic N) is 3. The Hall–Kier alpha value is -3.06. The summed E-state index contributed by atoms with van der Waals surface area (Å²) in [4.78, 5) is 11.7. The number of aliphatic hydroxyl groups excluding tert-OH is 1. The first-order chi connectivity index (χ1) is 14.7. The number of para-hydroxylation sites is 2. The Morgan fingerprint density at radius 3 is 2.67 bits per heavy atom. The Morgan fingerprint density at radius 2 is 1.77 bits per heavy atom. The lowest BCUT2D eigenvalue weighted by Gasteiger charge is -2.35. The number of benzene rings is 2. The second-order valence-electron chi connectivity index (χ2n) is 8.35. The molecule has 1 saturated carbocycles. The van der Waals surface area contributed by atoms with Crippen molar-refractivity contribution in [1.29, 1.82) is 0 Å². The summed E-state index contributed by atoms with van der Waals surface area (Å²) in [5.41, 5.74) is 1.82. The molecule has 0 amide bonds. The second-order valence-corrected chi connectivity index (χ2v) is 8.35. The zero-order valence-corrected chi connectivity index (χ0v) is 16.5. The van der Waals surface area contributed by atoms with Crippen LogP contribution in [0.2, 0.25) is 0 Å². The lowest BCUT2D eigenvalue weighted by molar-refractivity contribution is -0.0232. The summed E-state index contributed by atoms with van der Waals surface area (Å²) < 4.78 is 17.0. The van der Waals surface area contributed by atoms with Gasteiger partial charge in [-0.25, -0.2) is 4.98 Å². The Bertz CT molecular complexity index is 1090. The molecule has 2 aliphatic heterocycles. The molecular weight excluding hydrogens is 382 g/mol. The number of hydrogen-bond donors (Lipinski definition) is 1. The maximum Gasteiger partial charge on any atom is 0.231 e. The van der Waals surface area contributed by atoms with E-state index in [0.717, 1.165) is 48.5 Å². The van der Waals surface area contributed by atoms with Crippen molar-refractivity contribution in [2.75, 3.05) is 24.8 Å². The van der Waals surface area contributed by atoms with Gasteiger partial charge in [-0.15, -0.1) is 0 Å². The van der Waals surface area contributed by atoms with Gasteiger partial charge in [0.1, 0.15) is 17.7 Å². The third kappa shape index (κ3) is 3.10. The van der Waals surface area contributed by atoms with Crippen molar-refractivity contribution in [1.82, 2.24) is 9.97 Å². The minimum Gasteiger partial charge on any atom is -0.488 e. The van der Waals surface area contributed by atoms with Gasteiger partial charge >= 0.3 is 0 Å². The first-order valence-electron chi connectivity index (χ1n) is 10.4. The highest BCUT2D eigenvalue weighted by Gasteiger charge is 2.43. The van der Waals surface area contributed by atoms with Crippen LogP contribution >= 0.6 is 0 Å². The summed E-state index contributed by atoms with van der Waals surface area (Å²) in [6, 6.07) is 13.5. The Kier molecular flexibility index (Phi) is 4.16. The van der Waals surface area contributed by atoms with Crippen LogP contribution in [0.25, 0.3) is 11.0 Å². The molecule has 1 aromatic heterocycles. The van der Waals surface area contributed by atoms with Gasteiger partial charge in [0.15, 0.2) is 11.5 Å². The molecule has 0 bridgehead atoms. The van der Waals surface area contributed by atoms with Gasteiger partial charge < -0.3 is 24.2 Å². The van der Waals surface area contributed by atoms with E-state index in [1.165, 1.54) is 0 Å². The van der Waals surface area contributed by atoms with E-state index in [4.69, 9.17) is 19.2 Å². The van der Waals surface area contributed by atoms with Crippen LogP contribution in [0.3, 0.4) is 0 Å². The van der Waals surface area contributed by atoms with Crippen LogP contribution in [-0.2, 0) is 0 Å². The van der Waals surface area contributed by atoms with Crippen molar-refractivity contribution in [3.8, 4) is 17.2 Å². The van der Waals surface area contributed by atoms with Gasteiger partial charge in [0.05, 0.1) is 23.3 Å². The molecule has 4 atom stereocenters. The first kappa shape index (κ1) is 17.8. The van der Waals surface area contributed by atoms with E-state index in [9.17, 15) is 5.11 Å². The SMILES string of the molecule is O[C@@H]1C[C@H]2CN(c3cnc4ccccc4n3)C[C@H]2C[C@H]1Oc1ccc2c(c1)OCO2. The van der Waals surface area contributed by atoms with Crippen LogP contribution in [0, 0.1) is 11.8 Å². The van der Waals surface area contributed by atoms with Crippen molar-refractivity contribution in [3.05, 3.63) is 48.7 Å². The minimum absolute atomic E-state index is 0.228. The fourth-order valence-corrected chi connectivity index (χ4v) is 4.93. The van der Waals surface area contributed by atoms with E-state index in [2.05, 4.69) is 9.88 Å². The van der Waals surface area contributed by atoms with Gasteiger partial charge in [0, 0.05) is 19.2 Å². The molecule has 7 heteroatoms. The second kappa shape index (κ2) is 7.02. The average Bonchev–Trinajstić information content (AvgIpc) is 3.40. The number of hydrogen-bond acceptors (Lipinski definition) is 7. The topological polar surface area (TPSA) is 76.9 Å². The third-order valence-electron chi connectivity index (χ3n) is 6.48. The summed E-state index contributed by atoms with van der Waals surface area (Å²) in [7, 11) is 0. The summed E-state index contributed by atoms with van der Waals surface area (Å²) >= 11 is 0. The predicted molar refractivity (Wildman–Crippen MR) is 111 cm³/mol. The maximum atomic E-state index is 10.7. The number of aromatic nitrogens is 2. The number of rotatable bonds is 3. The standard InChI is InChI=1S/C23H23N3O4/c27-19-7-14-11-26(23-10-24-17-3-1-2-4-18(17)25-23)12-15(14)8-21(19)30-16-5-6-20-22(9-16)29-13-28-20/h1-6,9-10,14-15,19,21,27H,7-8,11-13H2/t14-,15+,19+,21+/m0/s1. The highest BCUT2D eigenvalue weighted by atomic mass is 16.7. The lowest BCUT2D eigenvalue weighted by Crippen LogP contribution is -2.42. The molecule has 2 fully saturated rings. The molecule has 154 valence electrons. The zero-order valence-electron chi connectivity index (χ0n) is 16.5. The van der Waals surface area contributed by atoms with Gasteiger partial charge in [-0.05, 0) is 48.9 Å². The van der Waals surface area contributed by atoms with E-state index in [1.54, 1.807) is 0 Å². The molecule has 0 unspecified atom stereocenters. The Balaban J connectivity index is 1.17. The summed E-state index contributed by atoms with van der Waals surface area (Å²) in [6.45, 7) is 2.04. The van der Waals surface area contributed by atoms with Crippen LogP contribution in [0.4, 0.5) is 5.82 Å². The molecule has 3 aliphatic rings. The molecule has 6 rings (SSSR count). The predicted octanol–water partition coefficient (Wildman–Crippen LogP) is 3.01. The molecule has 3 heterocycles. The largest absolute Gasteiger partial charge is 0.488 e. The summed E-state index contributed by atoms with van der Waals surface area (Å²) in [6.07, 6.45) is 2.69. The molecule has 30 heavy (non-hydrogen) atoms. The number of aliphatic hydroxyl groups is 1. The van der Waals surface area contributed by atoms with E-state index in [-0.39, 0.29) is 12.9 Å². The molecular formula is C23H23N3O4. The van der Waals surface area contributed by atoms with Crippen LogP contribution in [0.1, 0.15) is 12.8 Å². The quantitative estimate of drug-likeness (QED) is 0.718. The normalized spacial score (nSPS) is 27.3. The highest BCUT2D eigenvalue weighted by Crippen LogP contribution is 2.41. The highest BCUT2D eigenvalue weighted by molar-refractivity contribution is 5.75. The fourth-order valence-electron chi connectivity index (χ4n) is 4.93. The van der Waals surface area contributed by atoms with Crippen LogP contribution in [0.15, 0.2) is 48.7 Å². The maximum absolute atomic E-state index is 10.7. The molecule has 7 nitrogen and oxygen atoms in total. The molecule has 3 aromatic rings. The fraction of sp³-hybridized carbons (Fsp3) is 0.391. The van der Waals surface area contributed by atoms with Gasteiger partial charge in [0.25, 0.3) is 0 Å². The Morgan fingerprint density at radius 1 is 0.967 bits per heavy atom. The summed E-state index contributed by atoms with van der Waals surface area (Å²) in [5.74, 6) is 3.93. The number of anilines is 1. The average molecular weight is 405 g/mol. The van der Waals surface area contributed by atoms with Crippen LogP contribution < -0.4 is 19.1 Å². The van der Waals surface area contributed by atoms with Crippen molar-refractivity contribution < 1.29 is 19.3 Å². The van der Waals surface area contributed by atoms with Crippen molar-refractivity contribution >= 4 is 16.9 Å². The van der Waals surface area contributed by atoms with Crippen LogP contribution in [0.5, 0.6) is 17.2 Å². The monoisotopic (exact) mass is 405 g/mol. The van der Waals surface area contributed by atoms with Crippen LogP contribution in [-0.4, -0.2) is 47.2 Å². The van der Waals surface area contributed by atoms with Crippen molar-refractivity contribution in [3.63, 3.8) is 0 Å². The van der Waals surface area contributed by atoms with E-state index >= 15 is 0 Å². The molecule has 1 saturated heterocycles. The number of ether oxygens (including phenoxy) is 3. The summed E-state index contributed by atoms with van der Waals surface area (Å²) in [5, 5.41) is 10.7. The molecule has 1 N–H and O–H groups in total. The van der Waals surface area contributed by atoms with E-state index in [1.807, 2.05) is 48.7 Å². The molecule has 0 radical (unpaired) electrons. The van der Waals surface area contributed by atoms with E-state index in [0.29, 0.717) is 23.3 Å². The Labute approximate surface area is 174 Å². The molecule has 2 aromatic carbocycles. The first-order valence-corrected chi connectivity index (χ1v) is 10.4. The molecule has 1 aliphatic carbocycles. The zero-order chi connectivity index (χ0) is 20.1. The minimum atomic E-state index is -0.487.